The van der Waals surface area contributed by atoms with Crippen LogP contribution in [0.5, 0.6) is 0 Å². The molecule has 0 aromatic carbocycles. The summed E-state index contributed by atoms with van der Waals surface area (Å²) >= 11 is 0. The maximum absolute atomic E-state index is 5.70. The SMILES string of the molecule is C=CCC1(OC)CC2CCC1C2. The van der Waals surface area contributed by atoms with E-state index in [2.05, 4.69) is 6.58 Å². The Balaban J connectivity index is 2.13. The van der Waals surface area contributed by atoms with Crippen molar-refractivity contribution < 1.29 is 4.74 Å². The summed E-state index contributed by atoms with van der Waals surface area (Å²) in [5.41, 5.74) is 0.185. The van der Waals surface area contributed by atoms with Gasteiger partial charge >= 0.3 is 0 Å². The fourth-order valence-corrected chi connectivity index (χ4v) is 3.22. The third kappa shape index (κ3) is 1.03. The summed E-state index contributed by atoms with van der Waals surface area (Å²) in [5, 5.41) is 0. The standard InChI is InChI=1S/C11H18O/c1-3-6-11(12-2)8-9-4-5-10(11)7-9/h3,9-10H,1,4-8H2,2H3. The van der Waals surface area contributed by atoms with E-state index in [1.54, 1.807) is 0 Å². The lowest BCUT2D eigenvalue weighted by Crippen LogP contribution is -2.36. The van der Waals surface area contributed by atoms with Gasteiger partial charge in [0.05, 0.1) is 5.60 Å². The molecule has 1 nitrogen and oxygen atoms in total. The number of fused-ring (bicyclic) bond motifs is 2. The number of ether oxygens (including phenoxy) is 1. The van der Waals surface area contributed by atoms with Crippen molar-refractivity contribution in [2.45, 2.75) is 37.7 Å². The summed E-state index contributed by atoms with van der Waals surface area (Å²) in [7, 11) is 1.87. The van der Waals surface area contributed by atoms with E-state index < -0.39 is 0 Å². The Morgan fingerprint density at radius 2 is 2.42 bits per heavy atom. The van der Waals surface area contributed by atoms with Crippen LogP contribution in [0.2, 0.25) is 0 Å². The highest BCUT2D eigenvalue weighted by Gasteiger charge is 2.50. The van der Waals surface area contributed by atoms with Crippen molar-refractivity contribution in [1.29, 1.82) is 0 Å². The second-order valence-corrected chi connectivity index (χ2v) is 4.34. The van der Waals surface area contributed by atoms with Crippen molar-refractivity contribution in [3.63, 3.8) is 0 Å². The van der Waals surface area contributed by atoms with E-state index in [1.165, 1.54) is 25.7 Å². The molecule has 2 rings (SSSR count). The molecule has 12 heavy (non-hydrogen) atoms. The monoisotopic (exact) mass is 166 g/mol. The maximum atomic E-state index is 5.70. The van der Waals surface area contributed by atoms with E-state index in [-0.39, 0.29) is 5.60 Å². The first-order chi connectivity index (χ1) is 5.80. The predicted molar refractivity (Wildman–Crippen MR) is 50.0 cm³/mol. The van der Waals surface area contributed by atoms with Crippen LogP contribution in [0.3, 0.4) is 0 Å². The molecule has 3 atom stereocenters. The highest BCUT2D eigenvalue weighted by molar-refractivity contribution is 5.04. The van der Waals surface area contributed by atoms with Gasteiger partial charge in [-0.25, -0.2) is 0 Å². The van der Waals surface area contributed by atoms with Crippen molar-refractivity contribution in [3.8, 4) is 0 Å². The fraction of sp³-hybridized carbons (Fsp3) is 0.818. The second-order valence-electron chi connectivity index (χ2n) is 4.34. The lowest BCUT2D eigenvalue weighted by Gasteiger charge is -2.35. The average Bonchev–Trinajstić information content (AvgIpc) is 2.64. The Labute approximate surface area is 74.8 Å². The molecule has 0 N–H and O–H groups in total. The molecule has 0 aliphatic heterocycles. The molecule has 2 saturated carbocycles. The van der Waals surface area contributed by atoms with Crippen molar-refractivity contribution in [2.24, 2.45) is 11.8 Å². The minimum Gasteiger partial charge on any atom is -0.378 e. The van der Waals surface area contributed by atoms with Crippen LogP contribution in [-0.4, -0.2) is 12.7 Å². The van der Waals surface area contributed by atoms with Gasteiger partial charge in [0, 0.05) is 7.11 Å². The molecule has 0 aromatic rings. The molecule has 0 heterocycles. The van der Waals surface area contributed by atoms with Gasteiger partial charge in [-0.2, -0.15) is 0 Å². The topological polar surface area (TPSA) is 9.23 Å². The largest absolute Gasteiger partial charge is 0.378 e. The number of rotatable bonds is 3. The van der Waals surface area contributed by atoms with E-state index in [9.17, 15) is 0 Å². The van der Waals surface area contributed by atoms with Crippen LogP contribution in [0, 0.1) is 11.8 Å². The minimum atomic E-state index is 0.185. The molecular formula is C11H18O. The van der Waals surface area contributed by atoms with Crippen molar-refractivity contribution in [1.82, 2.24) is 0 Å². The molecule has 1 heteroatoms. The Kier molecular flexibility index (Phi) is 1.99. The predicted octanol–water partition coefficient (Wildman–Crippen LogP) is 2.77. The van der Waals surface area contributed by atoms with Gasteiger partial charge in [-0.3, -0.25) is 0 Å². The second kappa shape index (κ2) is 2.88. The van der Waals surface area contributed by atoms with Crippen molar-refractivity contribution in [2.75, 3.05) is 7.11 Å². The minimum absolute atomic E-state index is 0.185. The molecule has 2 fully saturated rings. The molecule has 0 amide bonds. The molecule has 0 radical (unpaired) electrons. The average molecular weight is 166 g/mol. The zero-order valence-corrected chi connectivity index (χ0v) is 7.88. The molecule has 3 unspecified atom stereocenters. The maximum Gasteiger partial charge on any atom is 0.0743 e. The zero-order chi connectivity index (χ0) is 8.60. The van der Waals surface area contributed by atoms with Gasteiger partial charge in [0.25, 0.3) is 0 Å². The van der Waals surface area contributed by atoms with E-state index >= 15 is 0 Å². The molecule has 0 saturated heterocycles. The quantitative estimate of drug-likeness (QED) is 0.586. The van der Waals surface area contributed by atoms with Crippen LogP contribution in [-0.2, 0) is 4.74 Å². The molecular weight excluding hydrogens is 148 g/mol. The van der Waals surface area contributed by atoms with Gasteiger partial charge in [0.15, 0.2) is 0 Å². The summed E-state index contributed by atoms with van der Waals surface area (Å²) in [6.07, 6.45) is 8.57. The molecule has 2 aliphatic carbocycles. The van der Waals surface area contributed by atoms with Crippen LogP contribution in [0.25, 0.3) is 0 Å². The normalized spacial score (nSPS) is 45.1. The first kappa shape index (κ1) is 8.31. The van der Waals surface area contributed by atoms with Crippen LogP contribution in [0.15, 0.2) is 12.7 Å². The van der Waals surface area contributed by atoms with Crippen molar-refractivity contribution in [3.05, 3.63) is 12.7 Å². The van der Waals surface area contributed by atoms with E-state index in [4.69, 9.17) is 4.74 Å². The van der Waals surface area contributed by atoms with E-state index in [0.29, 0.717) is 0 Å². The number of hydrogen-bond acceptors (Lipinski definition) is 1. The summed E-state index contributed by atoms with van der Waals surface area (Å²) < 4.78 is 5.70. The lowest BCUT2D eigenvalue weighted by molar-refractivity contribution is -0.0512. The molecule has 0 spiro atoms. The third-order valence-electron chi connectivity index (χ3n) is 3.82. The van der Waals surface area contributed by atoms with Crippen LogP contribution >= 0.6 is 0 Å². The van der Waals surface area contributed by atoms with Gasteiger partial charge in [-0.05, 0) is 43.9 Å². The van der Waals surface area contributed by atoms with Gasteiger partial charge in [0.1, 0.15) is 0 Å². The Hall–Kier alpha value is -0.300. The summed E-state index contributed by atoms with van der Waals surface area (Å²) in [6, 6.07) is 0. The zero-order valence-electron chi connectivity index (χ0n) is 7.88. The smallest absolute Gasteiger partial charge is 0.0743 e. The van der Waals surface area contributed by atoms with Crippen LogP contribution in [0.4, 0.5) is 0 Å². The number of methoxy groups -OCH3 is 1. The van der Waals surface area contributed by atoms with E-state index in [1.807, 2.05) is 13.2 Å². The molecule has 2 aliphatic rings. The summed E-state index contributed by atoms with van der Waals surface area (Å²) in [6.45, 7) is 3.82. The summed E-state index contributed by atoms with van der Waals surface area (Å²) in [5.74, 6) is 1.78. The number of hydrogen-bond donors (Lipinski definition) is 0. The van der Waals surface area contributed by atoms with Gasteiger partial charge < -0.3 is 4.74 Å². The summed E-state index contributed by atoms with van der Waals surface area (Å²) in [4.78, 5) is 0. The first-order valence-electron chi connectivity index (χ1n) is 4.97. The van der Waals surface area contributed by atoms with Crippen molar-refractivity contribution >= 4 is 0 Å². The van der Waals surface area contributed by atoms with Crippen LogP contribution < -0.4 is 0 Å². The third-order valence-corrected chi connectivity index (χ3v) is 3.82. The van der Waals surface area contributed by atoms with Crippen LogP contribution in [0.1, 0.15) is 32.1 Å². The molecule has 2 bridgehead atoms. The first-order valence-corrected chi connectivity index (χ1v) is 4.97. The Bertz CT molecular complexity index is 187. The molecule has 68 valence electrons. The molecule has 0 aromatic heterocycles. The highest BCUT2D eigenvalue weighted by Crippen LogP contribution is 2.53. The lowest BCUT2D eigenvalue weighted by atomic mass is 9.81. The van der Waals surface area contributed by atoms with Gasteiger partial charge in [-0.15, -0.1) is 6.58 Å². The van der Waals surface area contributed by atoms with E-state index in [0.717, 1.165) is 18.3 Å². The van der Waals surface area contributed by atoms with Gasteiger partial charge in [-0.1, -0.05) is 6.08 Å². The highest BCUT2D eigenvalue weighted by atomic mass is 16.5. The van der Waals surface area contributed by atoms with Gasteiger partial charge in [0.2, 0.25) is 0 Å². The Morgan fingerprint density at radius 1 is 1.58 bits per heavy atom. The fourth-order valence-electron chi connectivity index (χ4n) is 3.22. The Morgan fingerprint density at radius 3 is 2.83 bits per heavy atom.